The number of carbonyl (C=O) groups excluding carboxylic acids is 4. The highest BCUT2D eigenvalue weighted by Crippen LogP contribution is 2.36. The van der Waals surface area contributed by atoms with Crippen LogP contribution >= 0.6 is 0 Å². The Morgan fingerprint density at radius 2 is 1.57 bits per heavy atom. The first kappa shape index (κ1) is 38.4. The van der Waals surface area contributed by atoms with Crippen molar-refractivity contribution < 1.29 is 83.0 Å². The summed E-state index contributed by atoms with van der Waals surface area (Å²) < 4.78 is 34.4. The Kier molecular flexibility index (Phi) is 13.0. The zero-order valence-electron chi connectivity index (χ0n) is 26.2. The molecule has 0 saturated carbocycles. The van der Waals surface area contributed by atoms with Gasteiger partial charge in [0.2, 0.25) is 18.2 Å². The molecule has 20 heteroatoms. The number of ether oxygens (including phenoxy) is 6. The molecule has 3 rings (SSSR count). The second kappa shape index (κ2) is 15.9. The molecule has 0 aromatic carbocycles. The van der Waals surface area contributed by atoms with E-state index >= 15 is 0 Å². The van der Waals surface area contributed by atoms with Crippen LogP contribution in [0.5, 0.6) is 0 Å². The van der Waals surface area contributed by atoms with Crippen molar-refractivity contribution in [1.29, 1.82) is 0 Å². The van der Waals surface area contributed by atoms with E-state index in [-0.39, 0.29) is 6.41 Å². The Morgan fingerprint density at radius 1 is 0.957 bits per heavy atom. The lowest BCUT2D eigenvalue weighted by atomic mass is 9.87. The van der Waals surface area contributed by atoms with Gasteiger partial charge in [-0.1, -0.05) is 0 Å². The Bertz CT molecular complexity index is 1140. The van der Waals surface area contributed by atoms with Crippen LogP contribution in [0.1, 0.15) is 41.0 Å². The highest BCUT2D eigenvalue weighted by Gasteiger charge is 2.57. The summed E-state index contributed by atoms with van der Waals surface area (Å²) in [4.78, 5) is 60.4. The molecule has 0 aliphatic carbocycles. The normalized spacial score (nSPS) is 40.3. The number of carbonyl (C=O) groups is 5. The number of amides is 3. The van der Waals surface area contributed by atoms with Crippen LogP contribution in [-0.2, 0) is 52.4 Å². The summed E-state index contributed by atoms with van der Waals surface area (Å²) >= 11 is 0. The minimum Gasteiger partial charge on any atom is -0.477 e. The molecule has 3 heterocycles. The lowest BCUT2D eigenvalue weighted by Gasteiger charge is -2.50. The van der Waals surface area contributed by atoms with E-state index in [9.17, 15) is 54.6 Å². The fraction of sp³-hybridized carbons (Fsp3) is 0.815. The summed E-state index contributed by atoms with van der Waals surface area (Å²) in [7, 11) is 0. The predicted molar refractivity (Wildman–Crippen MR) is 149 cm³/mol. The van der Waals surface area contributed by atoms with E-state index in [1.54, 1.807) is 0 Å². The third-order valence-electron chi connectivity index (χ3n) is 7.91. The monoisotopic (exact) mass is 681 g/mol. The fourth-order valence-corrected chi connectivity index (χ4v) is 5.77. The molecule has 0 radical (unpaired) electrons. The van der Waals surface area contributed by atoms with Crippen molar-refractivity contribution in [2.45, 2.75) is 132 Å². The number of nitrogens with one attached hydrogen (secondary N) is 3. The zero-order chi connectivity index (χ0) is 35.4. The fourth-order valence-electron chi connectivity index (χ4n) is 5.77. The first-order chi connectivity index (χ1) is 21.9. The average molecular weight is 682 g/mol. The number of aliphatic hydroxyl groups is 5. The van der Waals surface area contributed by atoms with Crippen LogP contribution < -0.4 is 16.0 Å². The van der Waals surface area contributed by atoms with Gasteiger partial charge in [0.1, 0.15) is 36.6 Å². The topological polar surface area (TPSA) is 298 Å². The number of aliphatic hydroxyl groups excluding tert-OH is 4. The molecule has 3 amide bonds. The number of esters is 1. The molecule has 15 atom stereocenters. The van der Waals surface area contributed by atoms with Gasteiger partial charge in [-0.2, -0.15) is 0 Å². The van der Waals surface area contributed by atoms with E-state index in [2.05, 4.69) is 16.0 Å². The van der Waals surface area contributed by atoms with Crippen LogP contribution in [-0.4, -0.2) is 159 Å². The van der Waals surface area contributed by atoms with Crippen LogP contribution in [0.15, 0.2) is 0 Å². The molecule has 0 spiro atoms. The molecular formula is C27H43N3O17. The van der Waals surface area contributed by atoms with Gasteiger partial charge in [-0.3, -0.25) is 19.2 Å². The molecule has 47 heavy (non-hydrogen) atoms. The highest BCUT2D eigenvalue weighted by molar-refractivity contribution is 5.76. The molecule has 0 aromatic rings. The summed E-state index contributed by atoms with van der Waals surface area (Å²) in [6.45, 7) is 5.54. The van der Waals surface area contributed by atoms with Crippen LogP contribution in [0, 0.1) is 0 Å². The Balaban J connectivity index is 2.08. The van der Waals surface area contributed by atoms with E-state index in [1.807, 2.05) is 0 Å². The molecule has 0 aromatic heterocycles. The maximum absolute atomic E-state index is 12.4. The number of rotatable bonds is 12. The minimum atomic E-state index is -2.99. The maximum Gasteiger partial charge on any atom is 0.364 e. The number of carboxylic acids is 1. The van der Waals surface area contributed by atoms with Gasteiger partial charge >= 0.3 is 11.9 Å². The van der Waals surface area contributed by atoms with E-state index in [1.165, 1.54) is 13.8 Å². The van der Waals surface area contributed by atoms with Gasteiger partial charge in [0, 0.05) is 27.2 Å². The van der Waals surface area contributed by atoms with Gasteiger partial charge in [-0.25, -0.2) is 4.79 Å². The van der Waals surface area contributed by atoms with Crippen molar-refractivity contribution in [2.24, 2.45) is 0 Å². The molecule has 268 valence electrons. The lowest BCUT2D eigenvalue weighted by molar-refractivity contribution is -0.343. The van der Waals surface area contributed by atoms with Crippen molar-refractivity contribution >= 4 is 30.2 Å². The quantitative estimate of drug-likeness (QED) is 0.0688. The smallest absolute Gasteiger partial charge is 0.364 e. The lowest BCUT2D eigenvalue weighted by Crippen LogP contribution is -2.71. The van der Waals surface area contributed by atoms with Gasteiger partial charge in [-0.15, -0.1) is 0 Å². The SMILES string of the molecule is CC(=O)N[C@H]1[C@H](O[C@@H]2CC(O)(C(=O)O)O[C@H]([C@H](NC=O)[C@H](C)O)[C@@H]2NC(C)=O)O[C@H](C)[C@H](OC(C)=O)[C@@H]1O[C@@H]1OC[C@@H](O)[C@H](O)[C@H]1O. The zero-order valence-corrected chi connectivity index (χ0v) is 26.2. The van der Waals surface area contributed by atoms with Crippen molar-refractivity contribution in [1.82, 2.24) is 16.0 Å². The summed E-state index contributed by atoms with van der Waals surface area (Å²) in [6.07, 6.45) is -17.3. The van der Waals surface area contributed by atoms with Crippen LogP contribution in [0.25, 0.3) is 0 Å². The maximum atomic E-state index is 12.4. The minimum absolute atomic E-state index is 0.198. The van der Waals surface area contributed by atoms with E-state index < -0.39 is 128 Å². The first-order valence-corrected chi connectivity index (χ1v) is 14.7. The average Bonchev–Trinajstić information content (AvgIpc) is 2.96. The second-order valence-electron chi connectivity index (χ2n) is 11.7. The molecule has 9 N–H and O–H groups in total. The van der Waals surface area contributed by atoms with Crippen LogP contribution in [0.4, 0.5) is 0 Å². The summed E-state index contributed by atoms with van der Waals surface area (Å²) in [5.41, 5.74) is 0. The van der Waals surface area contributed by atoms with Crippen molar-refractivity contribution in [3.05, 3.63) is 0 Å². The standard InChI is InChI=1S/C27H43N3O17/c1-9(32)16(28-8-31)22-17(29-11(3)33)15(6-27(41,47-22)26(39)40)45-24-18(30-12(4)34)23(21(10(2)43-24)44-13(5)35)46-25-20(38)19(37)14(36)7-42-25/h8-10,14-25,32,36-38,41H,6-7H2,1-5H3,(H,28,31)(H,29,33)(H,30,34)(H,39,40)/t9-,10+,14+,15+,16+,17+,18+,19-,20+,21-,22+,23+,24-,25-,27?/m0/s1. The molecule has 3 aliphatic rings. The Morgan fingerprint density at radius 3 is 2.11 bits per heavy atom. The van der Waals surface area contributed by atoms with Crippen molar-refractivity contribution in [3.8, 4) is 0 Å². The largest absolute Gasteiger partial charge is 0.477 e. The van der Waals surface area contributed by atoms with E-state index in [0.29, 0.717) is 0 Å². The number of hydrogen-bond acceptors (Lipinski definition) is 16. The first-order valence-electron chi connectivity index (χ1n) is 14.7. The summed E-state index contributed by atoms with van der Waals surface area (Å²) in [5.74, 6) is -7.02. The molecule has 0 bridgehead atoms. The van der Waals surface area contributed by atoms with Gasteiger partial charge in [0.05, 0.1) is 37.0 Å². The summed E-state index contributed by atoms with van der Waals surface area (Å²) in [6, 6.07) is -4.22. The van der Waals surface area contributed by atoms with Crippen molar-refractivity contribution in [3.63, 3.8) is 0 Å². The van der Waals surface area contributed by atoms with Gasteiger partial charge < -0.3 is 75.0 Å². The Labute approximate surface area is 268 Å². The third kappa shape index (κ3) is 9.10. The Hall–Kier alpha value is -3.05. The van der Waals surface area contributed by atoms with Gasteiger partial charge in [0.15, 0.2) is 18.7 Å². The van der Waals surface area contributed by atoms with Crippen molar-refractivity contribution in [2.75, 3.05) is 6.61 Å². The van der Waals surface area contributed by atoms with E-state index in [0.717, 1.165) is 20.8 Å². The molecular weight excluding hydrogens is 638 g/mol. The number of carboxylic acid groups (broad SMARTS) is 1. The molecule has 20 nitrogen and oxygen atoms in total. The molecule has 1 unspecified atom stereocenters. The summed E-state index contributed by atoms with van der Waals surface area (Å²) in [5, 5.41) is 69.3. The third-order valence-corrected chi connectivity index (χ3v) is 7.91. The van der Waals surface area contributed by atoms with Gasteiger partial charge in [0.25, 0.3) is 5.79 Å². The molecule has 3 aliphatic heterocycles. The van der Waals surface area contributed by atoms with Gasteiger partial charge in [-0.05, 0) is 13.8 Å². The predicted octanol–water partition coefficient (Wildman–Crippen LogP) is -5.06. The van der Waals surface area contributed by atoms with E-state index in [4.69, 9.17) is 28.4 Å². The number of hydrogen-bond donors (Lipinski definition) is 9. The highest BCUT2D eigenvalue weighted by atomic mass is 16.7. The molecule has 3 fully saturated rings. The second-order valence-corrected chi connectivity index (χ2v) is 11.7. The van der Waals surface area contributed by atoms with Crippen LogP contribution in [0.2, 0.25) is 0 Å². The van der Waals surface area contributed by atoms with Crippen LogP contribution in [0.3, 0.4) is 0 Å². The number of aliphatic carboxylic acids is 1. The molecule has 3 saturated heterocycles.